The van der Waals surface area contributed by atoms with E-state index in [1.165, 1.54) is 11.3 Å². The van der Waals surface area contributed by atoms with Crippen LogP contribution in [0.2, 0.25) is 0 Å². The summed E-state index contributed by atoms with van der Waals surface area (Å²) in [5, 5.41) is 1.91. The molecule has 0 saturated carbocycles. The largest absolute Gasteiger partial charge is 0.334 e. The average molecular weight is 242 g/mol. The Hall–Kier alpha value is -1.94. The van der Waals surface area contributed by atoms with Gasteiger partial charge in [-0.1, -0.05) is 6.07 Å². The monoisotopic (exact) mass is 242 g/mol. The highest BCUT2D eigenvalue weighted by atomic mass is 32.1. The van der Waals surface area contributed by atoms with E-state index in [4.69, 9.17) is 0 Å². The van der Waals surface area contributed by atoms with Gasteiger partial charge in [-0.25, -0.2) is 4.98 Å². The first kappa shape index (κ1) is 10.2. The molecule has 0 saturated heterocycles. The summed E-state index contributed by atoms with van der Waals surface area (Å²) in [6.45, 7) is 0. The van der Waals surface area contributed by atoms with Crippen LogP contribution in [0.25, 0.3) is 11.0 Å². The molecule has 3 aromatic rings. The van der Waals surface area contributed by atoms with E-state index in [1.807, 2.05) is 47.3 Å². The topological polar surface area (TPSA) is 34.9 Å². The molecule has 0 unspecified atom stereocenters. The number of carbonyl (C=O) groups excluding carboxylic acids is 1. The number of rotatable bonds is 2. The molecule has 0 atom stereocenters. The quantitative estimate of drug-likeness (QED) is 0.648. The van der Waals surface area contributed by atoms with Gasteiger partial charge in [0.15, 0.2) is 0 Å². The predicted octanol–water partition coefficient (Wildman–Crippen LogP) is 2.87. The fourth-order valence-electron chi connectivity index (χ4n) is 1.82. The van der Waals surface area contributed by atoms with Crippen molar-refractivity contribution in [1.29, 1.82) is 0 Å². The van der Waals surface area contributed by atoms with E-state index in [0.29, 0.717) is 5.56 Å². The Morgan fingerprint density at radius 3 is 3.00 bits per heavy atom. The molecule has 0 aliphatic heterocycles. The number of imidazole rings is 1. The third kappa shape index (κ3) is 1.66. The Balaban J connectivity index is 2.12. The molecule has 84 valence electrons. The van der Waals surface area contributed by atoms with Crippen LogP contribution in [0.1, 0.15) is 15.2 Å². The van der Waals surface area contributed by atoms with Crippen molar-refractivity contribution in [3.8, 4) is 0 Å². The lowest BCUT2D eigenvalue weighted by molar-refractivity contribution is 0.104. The number of ketones is 1. The molecule has 1 aromatic carbocycles. The molecule has 0 aliphatic carbocycles. The minimum absolute atomic E-state index is 0.0723. The highest BCUT2D eigenvalue weighted by Crippen LogP contribution is 2.19. The Kier molecular flexibility index (Phi) is 2.30. The zero-order valence-electron chi connectivity index (χ0n) is 9.25. The molecule has 0 spiro atoms. The summed E-state index contributed by atoms with van der Waals surface area (Å²) in [6.07, 6.45) is 1.75. The van der Waals surface area contributed by atoms with Gasteiger partial charge in [-0.05, 0) is 29.6 Å². The van der Waals surface area contributed by atoms with E-state index in [0.717, 1.165) is 15.9 Å². The van der Waals surface area contributed by atoms with E-state index in [2.05, 4.69) is 4.98 Å². The summed E-state index contributed by atoms with van der Waals surface area (Å²) < 4.78 is 1.92. The van der Waals surface area contributed by atoms with Crippen LogP contribution in [0.3, 0.4) is 0 Å². The average Bonchev–Trinajstić information content (AvgIpc) is 2.98. The molecule has 0 bridgehead atoms. The van der Waals surface area contributed by atoms with Crippen LogP contribution >= 0.6 is 11.3 Å². The number of benzene rings is 1. The minimum Gasteiger partial charge on any atom is -0.334 e. The molecule has 0 amide bonds. The lowest BCUT2D eigenvalue weighted by Gasteiger charge is -1.99. The molecule has 17 heavy (non-hydrogen) atoms. The first-order valence-electron chi connectivity index (χ1n) is 5.25. The van der Waals surface area contributed by atoms with Gasteiger partial charge >= 0.3 is 0 Å². The maximum absolute atomic E-state index is 12.2. The molecule has 2 heterocycles. The molecule has 0 radical (unpaired) electrons. The van der Waals surface area contributed by atoms with Gasteiger partial charge in [0.05, 0.1) is 22.2 Å². The van der Waals surface area contributed by atoms with E-state index in [1.54, 1.807) is 6.33 Å². The molecule has 3 rings (SSSR count). The van der Waals surface area contributed by atoms with Crippen LogP contribution in [-0.4, -0.2) is 15.3 Å². The minimum atomic E-state index is 0.0723. The smallest absolute Gasteiger partial charge is 0.203 e. The zero-order chi connectivity index (χ0) is 11.8. The van der Waals surface area contributed by atoms with Crippen LogP contribution in [0, 0.1) is 0 Å². The van der Waals surface area contributed by atoms with Crippen LogP contribution in [0.15, 0.2) is 42.0 Å². The Bertz CT molecular complexity index is 683. The number of nitrogens with zero attached hydrogens (tertiary/aromatic N) is 2. The summed E-state index contributed by atoms with van der Waals surface area (Å²) in [5.41, 5.74) is 2.60. The van der Waals surface area contributed by atoms with Crippen molar-refractivity contribution in [3.05, 3.63) is 52.5 Å². The second-order valence-corrected chi connectivity index (χ2v) is 4.81. The van der Waals surface area contributed by atoms with Crippen molar-refractivity contribution in [2.45, 2.75) is 0 Å². The van der Waals surface area contributed by atoms with Crippen molar-refractivity contribution in [1.82, 2.24) is 9.55 Å². The maximum atomic E-state index is 12.2. The van der Waals surface area contributed by atoms with Gasteiger partial charge in [-0.15, -0.1) is 11.3 Å². The number of aromatic nitrogens is 2. The van der Waals surface area contributed by atoms with Crippen LogP contribution in [0.5, 0.6) is 0 Å². The SMILES string of the molecule is Cn1cnc2ccc(C(=O)c3cccs3)cc21. The van der Waals surface area contributed by atoms with Crippen LogP contribution < -0.4 is 0 Å². The Labute approximate surface area is 102 Å². The lowest BCUT2D eigenvalue weighted by atomic mass is 10.1. The highest BCUT2D eigenvalue weighted by Gasteiger charge is 2.11. The lowest BCUT2D eigenvalue weighted by Crippen LogP contribution is -1.98. The van der Waals surface area contributed by atoms with Gasteiger partial charge in [0.1, 0.15) is 0 Å². The molecule has 0 fully saturated rings. The summed E-state index contributed by atoms with van der Waals surface area (Å²) in [4.78, 5) is 17.2. The number of thiophene rings is 1. The van der Waals surface area contributed by atoms with E-state index in [9.17, 15) is 4.79 Å². The van der Waals surface area contributed by atoms with Crippen molar-refractivity contribution in [3.63, 3.8) is 0 Å². The number of hydrogen-bond donors (Lipinski definition) is 0. The van der Waals surface area contributed by atoms with Gasteiger partial charge < -0.3 is 4.57 Å². The third-order valence-corrected chi connectivity index (χ3v) is 3.60. The third-order valence-electron chi connectivity index (χ3n) is 2.73. The second kappa shape index (κ2) is 3.82. The molecule has 0 aliphatic rings. The normalized spacial score (nSPS) is 10.9. The fraction of sp³-hybridized carbons (Fsp3) is 0.0769. The van der Waals surface area contributed by atoms with Crippen molar-refractivity contribution in [2.24, 2.45) is 7.05 Å². The number of hydrogen-bond acceptors (Lipinski definition) is 3. The number of fused-ring (bicyclic) bond motifs is 1. The molecule has 2 aromatic heterocycles. The van der Waals surface area contributed by atoms with E-state index < -0.39 is 0 Å². The van der Waals surface area contributed by atoms with Gasteiger partial charge in [-0.2, -0.15) is 0 Å². The van der Waals surface area contributed by atoms with Crippen LogP contribution in [-0.2, 0) is 7.05 Å². The van der Waals surface area contributed by atoms with E-state index >= 15 is 0 Å². The number of carbonyl (C=O) groups is 1. The standard InChI is InChI=1S/C13H10N2OS/c1-15-8-14-10-5-4-9(7-11(10)15)13(16)12-3-2-6-17-12/h2-8H,1H3. The summed E-state index contributed by atoms with van der Waals surface area (Å²) >= 11 is 1.47. The highest BCUT2D eigenvalue weighted by molar-refractivity contribution is 7.12. The second-order valence-electron chi connectivity index (χ2n) is 3.87. The van der Waals surface area contributed by atoms with Crippen LogP contribution in [0.4, 0.5) is 0 Å². The summed E-state index contributed by atoms with van der Waals surface area (Å²) in [6, 6.07) is 9.35. The molecular formula is C13H10N2OS. The fourth-order valence-corrected chi connectivity index (χ4v) is 2.50. The van der Waals surface area contributed by atoms with Gasteiger partial charge in [-0.3, -0.25) is 4.79 Å². The molecule has 0 N–H and O–H groups in total. The number of aryl methyl sites for hydroxylation is 1. The van der Waals surface area contributed by atoms with Gasteiger partial charge in [0, 0.05) is 12.6 Å². The summed E-state index contributed by atoms with van der Waals surface area (Å²) in [5.74, 6) is 0.0723. The van der Waals surface area contributed by atoms with Crippen molar-refractivity contribution in [2.75, 3.05) is 0 Å². The maximum Gasteiger partial charge on any atom is 0.203 e. The first-order chi connectivity index (χ1) is 8.25. The summed E-state index contributed by atoms with van der Waals surface area (Å²) in [7, 11) is 1.93. The Morgan fingerprint density at radius 1 is 1.35 bits per heavy atom. The predicted molar refractivity (Wildman–Crippen MR) is 68.5 cm³/mol. The van der Waals surface area contributed by atoms with Gasteiger partial charge in [0.2, 0.25) is 5.78 Å². The molecule has 3 nitrogen and oxygen atoms in total. The molecule has 4 heteroatoms. The van der Waals surface area contributed by atoms with Gasteiger partial charge in [0.25, 0.3) is 0 Å². The Morgan fingerprint density at radius 2 is 2.24 bits per heavy atom. The molecular weight excluding hydrogens is 232 g/mol. The van der Waals surface area contributed by atoms with Crippen molar-refractivity contribution >= 4 is 28.2 Å². The zero-order valence-corrected chi connectivity index (χ0v) is 10.1. The van der Waals surface area contributed by atoms with E-state index in [-0.39, 0.29) is 5.78 Å². The first-order valence-corrected chi connectivity index (χ1v) is 6.13. The van der Waals surface area contributed by atoms with Crippen molar-refractivity contribution < 1.29 is 4.79 Å².